The van der Waals surface area contributed by atoms with Gasteiger partial charge in [0.25, 0.3) is 0 Å². The molecule has 0 radical (unpaired) electrons. The molecule has 4 nitrogen and oxygen atoms in total. The number of nitrogens with zero attached hydrogens (tertiary/aromatic N) is 1. The van der Waals surface area contributed by atoms with Gasteiger partial charge in [0.05, 0.1) is 13.2 Å². The second-order valence-electron chi connectivity index (χ2n) is 5.78. The number of hydrogen-bond donors (Lipinski definition) is 1. The van der Waals surface area contributed by atoms with E-state index in [1.165, 1.54) is 5.56 Å². The lowest BCUT2D eigenvalue weighted by molar-refractivity contribution is -0.125. The summed E-state index contributed by atoms with van der Waals surface area (Å²) in [5, 5.41) is 2.98. The lowest BCUT2D eigenvalue weighted by Gasteiger charge is -2.24. The second kappa shape index (κ2) is 8.85. The molecule has 0 saturated carbocycles. The zero-order valence-electron chi connectivity index (χ0n) is 14.3. The lowest BCUT2D eigenvalue weighted by Crippen LogP contribution is -2.42. The van der Waals surface area contributed by atoms with E-state index in [0.717, 1.165) is 22.3 Å². The summed E-state index contributed by atoms with van der Waals surface area (Å²) < 4.78 is 6.19. The zero-order valence-corrected chi connectivity index (χ0v) is 15.8. The average Bonchev–Trinajstić information content (AvgIpc) is 2.61. The molecule has 0 aliphatic heterocycles. The van der Waals surface area contributed by atoms with Crippen molar-refractivity contribution >= 4 is 21.8 Å². The molecule has 0 aliphatic carbocycles. The summed E-state index contributed by atoms with van der Waals surface area (Å²) in [6, 6.07) is 15.6. The summed E-state index contributed by atoms with van der Waals surface area (Å²) in [5.74, 6) is 0.832. The van der Waals surface area contributed by atoms with Gasteiger partial charge >= 0.3 is 0 Å². The van der Waals surface area contributed by atoms with Crippen LogP contribution in [0.25, 0.3) is 0 Å². The van der Waals surface area contributed by atoms with Gasteiger partial charge in [-0.1, -0.05) is 40.2 Å². The molecular weight excluding hydrogens is 368 g/mol. The molecular formula is C19H23BrN2O2. The van der Waals surface area contributed by atoms with Crippen molar-refractivity contribution in [1.82, 2.24) is 10.2 Å². The minimum atomic E-state index is -0.202. The van der Waals surface area contributed by atoms with Gasteiger partial charge in [-0.2, -0.15) is 0 Å². The molecule has 0 aliphatic rings. The molecule has 24 heavy (non-hydrogen) atoms. The topological polar surface area (TPSA) is 41.6 Å². The second-order valence-corrected chi connectivity index (χ2v) is 6.70. The molecule has 5 heteroatoms. The van der Waals surface area contributed by atoms with E-state index in [2.05, 4.69) is 33.4 Å². The summed E-state index contributed by atoms with van der Waals surface area (Å²) in [5.41, 5.74) is 2.22. The van der Waals surface area contributed by atoms with Crippen LogP contribution in [0.2, 0.25) is 0 Å². The van der Waals surface area contributed by atoms with E-state index in [1.54, 1.807) is 7.11 Å². The number of nitrogens with one attached hydrogen (secondary N) is 1. The van der Waals surface area contributed by atoms with Crippen molar-refractivity contribution in [2.45, 2.75) is 26.1 Å². The first kappa shape index (κ1) is 18.5. The van der Waals surface area contributed by atoms with E-state index in [0.29, 0.717) is 6.54 Å². The Morgan fingerprint density at radius 1 is 1.12 bits per heavy atom. The highest BCUT2D eigenvalue weighted by Gasteiger charge is 2.17. The number of methoxy groups -OCH3 is 1. The molecule has 1 atom stereocenters. The molecule has 0 spiro atoms. The molecule has 0 heterocycles. The van der Waals surface area contributed by atoms with Crippen molar-refractivity contribution in [2.24, 2.45) is 0 Å². The highest BCUT2D eigenvalue weighted by atomic mass is 79.9. The van der Waals surface area contributed by atoms with Crippen LogP contribution in [0, 0.1) is 0 Å². The van der Waals surface area contributed by atoms with Crippen molar-refractivity contribution in [1.29, 1.82) is 0 Å². The smallest absolute Gasteiger partial charge is 0.237 e. The fourth-order valence-electron chi connectivity index (χ4n) is 2.30. The van der Waals surface area contributed by atoms with Gasteiger partial charge in [-0.15, -0.1) is 0 Å². The molecule has 0 aromatic heterocycles. The van der Waals surface area contributed by atoms with Crippen molar-refractivity contribution in [3.05, 3.63) is 64.1 Å². The number of rotatable bonds is 7. The lowest BCUT2D eigenvalue weighted by atomic mass is 10.1. The Morgan fingerprint density at radius 3 is 2.29 bits per heavy atom. The first-order chi connectivity index (χ1) is 11.5. The summed E-state index contributed by atoms with van der Waals surface area (Å²) in [6.07, 6.45) is 0. The van der Waals surface area contributed by atoms with Crippen LogP contribution in [0.5, 0.6) is 5.75 Å². The van der Waals surface area contributed by atoms with E-state index >= 15 is 0 Å². The number of benzene rings is 2. The maximum absolute atomic E-state index is 12.3. The van der Waals surface area contributed by atoms with Crippen molar-refractivity contribution in [3.63, 3.8) is 0 Å². The Kier molecular flexibility index (Phi) is 6.82. The van der Waals surface area contributed by atoms with Gasteiger partial charge in [-0.25, -0.2) is 0 Å². The van der Waals surface area contributed by atoms with Gasteiger partial charge in [-0.3, -0.25) is 9.69 Å². The third-order valence-corrected chi connectivity index (χ3v) is 4.54. The van der Waals surface area contributed by atoms with Crippen LogP contribution in [0.15, 0.2) is 53.0 Å². The highest BCUT2D eigenvalue weighted by Crippen LogP contribution is 2.13. The largest absolute Gasteiger partial charge is 0.497 e. The average molecular weight is 391 g/mol. The standard InChI is InChI=1S/C19H23BrN2O2/c1-14(22(2)13-16-4-8-17(20)9-5-16)19(23)21-12-15-6-10-18(24-3)11-7-15/h4-11,14H,12-13H2,1-3H3,(H,21,23). The predicted molar refractivity (Wildman–Crippen MR) is 99.9 cm³/mol. The van der Waals surface area contributed by atoms with Crippen LogP contribution in [0.3, 0.4) is 0 Å². The van der Waals surface area contributed by atoms with Crippen LogP contribution in [0.4, 0.5) is 0 Å². The number of carbonyl (C=O) groups is 1. The molecule has 1 amide bonds. The van der Waals surface area contributed by atoms with Crippen LogP contribution < -0.4 is 10.1 Å². The van der Waals surface area contributed by atoms with E-state index in [4.69, 9.17) is 4.74 Å². The van der Waals surface area contributed by atoms with E-state index in [-0.39, 0.29) is 11.9 Å². The first-order valence-corrected chi connectivity index (χ1v) is 8.64. The van der Waals surface area contributed by atoms with Crippen LogP contribution in [-0.4, -0.2) is 31.0 Å². The first-order valence-electron chi connectivity index (χ1n) is 7.85. The maximum atomic E-state index is 12.3. The van der Waals surface area contributed by atoms with Gasteiger partial charge in [0.15, 0.2) is 0 Å². The number of likely N-dealkylation sites (N-methyl/N-ethyl adjacent to an activating group) is 1. The zero-order chi connectivity index (χ0) is 17.5. The van der Waals surface area contributed by atoms with E-state index in [9.17, 15) is 4.79 Å². The fraction of sp³-hybridized carbons (Fsp3) is 0.316. The van der Waals surface area contributed by atoms with E-state index < -0.39 is 0 Å². The van der Waals surface area contributed by atoms with Gasteiger partial charge in [0.2, 0.25) is 5.91 Å². The minimum Gasteiger partial charge on any atom is -0.497 e. The maximum Gasteiger partial charge on any atom is 0.237 e. The number of hydrogen-bond acceptors (Lipinski definition) is 3. The quantitative estimate of drug-likeness (QED) is 0.784. The Hall–Kier alpha value is -1.85. The Labute approximate surface area is 151 Å². The monoisotopic (exact) mass is 390 g/mol. The summed E-state index contributed by atoms with van der Waals surface area (Å²) in [4.78, 5) is 14.4. The number of halogens is 1. The Morgan fingerprint density at radius 2 is 1.71 bits per heavy atom. The summed E-state index contributed by atoms with van der Waals surface area (Å²) in [7, 11) is 3.60. The highest BCUT2D eigenvalue weighted by molar-refractivity contribution is 9.10. The SMILES string of the molecule is COc1ccc(CNC(=O)C(C)N(C)Cc2ccc(Br)cc2)cc1. The molecule has 0 fully saturated rings. The summed E-state index contributed by atoms with van der Waals surface area (Å²) in [6.45, 7) is 3.16. The summed E-state index contributed by atoms with van der Waals surface area (Å²) >= 11 is 3.43. The molecule has 0 bridgehead atoms. The number of carbonyl (C=O) groups excluding carboxylic acids is 1. The molecule has 128 valence electrons. The van der Waals surface area contributed by atoms with E-state index in [1.807, 2.05) is 55.3 Å². The van der Waals surface area contributed by atoms with Gasteiger partial charge < -0.3 is 10.1 Å². The van der Waals surface area contributed by atoms with Gasteiger partial charge in [0.1, 0.15) is 5.75 Å². The van der Waals surface area contributed by atoms with Crippen molar-refractivity contribution in [2.75, 3.05) is 14.2 Å². The molecule has 1 N–H and O–H groups in total. The Bertz CT molecular complexity index is 656. The number of ether oxygens (including phenoxy) is 1. The van der Waals surface area contributed by atoms with Gasteiger partial charge in [-0.05, 0) is 49.4 Å². The van der Waals surface area contributed by atoms with Crippen LogP contribution in [0.1, 0.15) is 18.1 Å². The van der Waals surface area contributed by atoms with Crippen molar-refractivity contribution < 1.29 is 9.53 Å². The minimum absolute atomic E-state index is 0.0189. The van der Waals surface area contributed by atoms with Crippen molar-refractivity contribution in [3.8, 4) is 5.75 Å². The third kappa shape index (κ3) is 5.35. The molecule has 1 unspecified atom stereocenters. The fourth-order valence-corrected chi connectivity index (χ4v) is 2.56. The molecule has 2 aromatic rings. The van der Waals surface area contributed by atoms with Gasteiger partial charge in [0, 0.05) is 17.6 Å². The third-order valence-electron chi connectivity index (χ3n) is 4.01. The predicted octanol–water partition coefficient (Wildman–Crippen LogP) is 3.59. The molecule has 2 rings (SSSR count). The normalized spacial score (nSPS) is 12.0. The number of amides is 1. The molecule has 0 saturated heterocycles. The molecule has 2 aromatic carbocycles. The Balaban J connectivity index is 1.84. The van der Waals surface area contributed by atoms with Crippen LogP contribution in [-0.2, 0) is 17.9 Å². The van der Waals surface area contributed by atoms with Crippen LogP contribution >= 0.6 is 15.9 Å².